The highest BCUT2D eigenvalue weighted by Crippen LogP contribution is 2.32. The van der Waals surface area contributed by atoms with Crippen molar-refractivity contribution >= 4 is 15.9 Å². The molecule has 1 unspecified atom stereocenters. The summed E-state index contributed by atoms with van der Waals surface area (Å²) in [5.41, 5.74) is 3.02. The lowest BCUT2D eigenvalue weighted by molar-refractivity contribution is 0.669. The van der Waals surface area contributed by atoms with Crippen LogP contribution < -0.4 is 0 Å². The fourth-order valence-electron chi connectivity index (χ4n) is 1.51. The highest BCUT2D eigenvalue weighted by atomic mass is 79.9. The summed E-state index contributed by atoms with van der Waals surface area (Å²) in [7, 11) is 0. The fraction of sp³-hybridized carbons (Fsp3) is 0.538. The molecule has 0 heterocycles. The van der Waals surface area contributed by atoms with Crippen LogP contribution in [0.3, 0.4) is 0 Å². The monoisotopic (exact) mass is 256 g/mol. The maximum atomic E-state index is 3.71. The van der Waals surface area contributed by atoms with E-state index >= 15 is 0 Å². The zero-order valence-corrected chi connectivity index (χ0v) is 11.3. The summed E-state index contributed by atoms with van der Waals surface area (Å²) in [6, 6.07) is 0. The van der Waals surface area contributed by atoms with Crippen molar-refractivity contribution in [2.75, 3.05) is 0 Å². The zero-order valence-electron chi connectivity index (χ0n) is 9.73. The lowest BCUT2D eigenvalue weighted by Crippen LogP contribution is -1.86. The van der Waals surface area contributed by atoms with E-state index in [-0.39, 0.29) is 0 Å². The van der Waals surface area contributed by atoms with Crippen LogP contribution in [0.25, 0.3) is 0 Å². The number of hydrogen-bond acceptors (Lipinski definition) is 0. The molecular formula is C13H21Br. The highest BCUT2D eigenvalue weighted by Gasteiger charge is 2.16. The molecule has 0 aromatic rings. The molecule has 0 fully saturated rings. The lowest BCUT2D eigenvalue weighted by atomic mass is 10.1. The lowest BCUT2D eigenvalue weighted by Gasteiger charge is -2.01. The molecule has 0 aliphatic heterocycles. The Balaban J connectivity index is 0.000000791. The van der Waals surface area contributed by atoms with E-state index in [2.05, 4.69) is 42.4 Å². The van der Waals surface area contributed by atoms with Crippen molar-refractivity contribution in [3.63, 3.8) is 0 Å². The standard InChI is InChI=1S/C11H15Br.C2H6/c1-4-11(12)7-10-6-5-8(2)9(10)3;1-2/h4,7-8H,1,5-6H2,2-3H3;1-2H3/b11-7+;. The van der Waals surface area contributed by atoms with E-state index < -0.39 is 0 Å². The van der Waals surface area contributed by atoms with E-state index in [4.69, 9.17) is 0 Å². The average Bonchev–Trinajstić information content (AvgIpc) is 2.52. The molecule has 0 spiro atoms. The van der Waals surface area contributed by atoms with E-state index in [0.717, 1.165) is 10.4 Å². The molecule has 0 aromatic heterocycles. The second-order valence-electron chi connectivity index (χ2n) is 3.38. The average molecular weight is 257 g/mol. The van der Waals surface area contributed by atoms with Crippen LogP contribution in [0.15, 0.2) is 34.4 Å². The first-order valence-electron chi connectivity index (χ1n) is 5.34. The quantitative estimate of drug-likeness (QED) is 0.594. The smallest absolute Gasteiger partial charge is 0.0172 e. The summed E-state index contributed by atoms with van der Waals surface area (Å²) in [6.45, 7) is 12.2. The van der Waals surface area contributed by atoms with Crippen LogP contribution in [-0.4, -0.2) is 0 Å². The van der Waals surface area contributed by atoms with Gasteiger partial charge in [0.15, 0.2) is 0 Å². The molecular weight excluding hydrogens is 236 g/mol. The third-order valence-electron chi connectivity index (χ3n) is 2.60. The Morgan fingerprint density at radius 2 is 2.07 bits per heavy atom. The SMILES string of the molecule is C=C/C(Br)=C\C1=C(C)C(C)CC1.CC. The van der Waals surface area contributed by atoms with Crippen LogP contribution in [-0.2, 0) is 0 Å². The van der Waals surface area contributed by atoms with Crippen molar-refractivity contribution in [2.45, 2.75) is 40.5 Å². The Bertz CT molecular complexity index is 246. The van der Waals surface area contributed by atoms with Gasteiger partial charge in [-0.3, -0.25) is 0 Å². The van der Waals surface area contributed by atoms with Gasteiger partial charge < -0.3 is 0 Å². The Morgan fingerprint density at radius 1 is 1.50 bits per heavy atom. The first-order chi connectivity index (χ1) is 6.65. The second-order valence-corrected chi connectivity index (χ2v) is 4.30. The van der Waals surface area contributed by atoms with Crippen molar-refractivity contribution in [1.29, 1.82) is 0 Å². The van der Waals surface area contributed by atoms with Crippen LogP contribution >= 0.6 is 15.9 Å². The molecule has 1 aliphatic carbocycles. The van der Waals surface area contributed by atoms with Crippen molar-refractivity contribution in [3.8, 4) is 0 Å². The maximum absolute atomic E-state index is 3.71. The summed E-state index contributed by atoms with van der Waals surface area (Å²) in [5.74, 6) is 0.765. The van der Waals surface area contributed by atoms with Gasteiger partial charge in [-0.1, -0.05) is 54.9 Å². The highest BCUT2D eigenvalue weighted by molar-refractivity contribution is 9.11. The largest absolute Gasteiger partial charge is 0.0979 e. The minimum absolute atomic E-state index is 0.765. The molecule has 0 bridgehead atoms. The van der Waals surface area contributed by atoms with Gasteiger partial charge in [0.25, 0.3) is 0 Å². The van der Waals surface area contributed by atoms with Gasteiger partial charge >= 0.3 is 0 Å². The minimum Gasteiger partial charge on any atom is -0.0979 e. The summed E-state index contributed by atoms with van der Waals surface area (Å²) < 4.78 is 1.09. The molecule has 0 nitrogen and oxygen atoms in total. The van der Waals surface area contributed by atoms with Crippen LogP contribution in [0.1, 0.15) is 40.5 Å². The predicted molar refractivity (Wildman–Crippen MR) is 69.7 cm³/mol. The van der Waals surface area contributed by atoms with Crippen molar-refractivity contribution < 1.29 is 0 Å². The first kappa shape index (κ1) is 13.7. The summed E-state index contributed by atoms with van der Waals surface area (Å²) in [5, 5.41) is 0. The Labute approximate surface area is 96.9 Å². The fourth-order valence-corrected chi connectivity index (χ4v) is 1.79. The second kappa shape index (κ2) is 7.05. The third-order valence-corrected chi connectivity index (χ3v) is 3.15. The Hall–Kier alpha value is -0.300. The van der Waals surface area contributed by atoms with Crippen LogP contribution in [0.4, 0.5) is 0 Å². The van der Waals surface area contributed by atoms with Crippen molar-refractivity contribution in [2.24, 2.45) is 5.92 Å². The van der Waals surface area contributed by atoms with Gasteiger partial charge in [0.05, 0.1) is 0 Å². The minimum atomic E-state index is 0.765. The number of allylic oxidation sites excluding steroid dienone is 5. The van der Waals surface area contributed by atoms with Gasteiger partial charge in [-0.05, 0) is 37.3 Å². The molecule has 0 amide bonds. The zero-order chi connectivity index (χ0) is 11.1. The molecule has 14 heavy (non-hydrogen) atoms. The third kappa shape index (κ3) is 3.83. The number of hydrogen-bond donors (Lipinski definition) is 0. The van der Waals surface area contributed by atoms with E-state index in [1.54, 1.807) is 0 Å². The Morgan fingerprint density at radius 3 is 2.43 bits per heavy atom. The molecule has 1 heteroatoms. The van der Waals surface area contributed by atoms with Gasteiger partial charge in [-0.25, -0.2) is 0 Å². The molecule has 0 radical (unpaired) electrons. The topological polar surface area (TPSA) is 0 Å². The van der Waals surface area contributed by atoms with Crippen LogP contribution in [0, 0.1) is 5.92 Å². The normalized spacial score (nSPS) is 21.8. The summed E-state index contributed by atoms with van der Waals surface area (Å²) in [4.78, 5) is 0. The van der Waals surface area contributed by atoms with Gasteiger partial charge in [0.1, 0.15) is 0 Å². The van der Waals surface area contributed by atoms with E-state index in [9.17, 15) is 0 Å². The van der Waals surface area contributed by atoms with E-state index in [0.29, 0.717) is 0 Å². The van der Waals surface area contributed by atoms with Crippen LogP contribution in [0.2, 0.25) is 0 Å². The number of rotatable bonds is 2. The van der Waals surface area contributed by atoms with Gasteiger partial charge in [-0.2, -0.15) is 0 Å². The van der Waals surface area contributed by atoms with Gasteiger partial charge in [0, 0.05) is 4.48 Å². The predicted octanol–water partition coefficient (Wildman–Crippen LogP) is 5.22. The van der Waals surface area contributed by atoms with Gasteiger partial charge in [0.2, 0.25) is 0 Å². The first-order valence-corrected chi connectivity index (χ1v) is 6.13. The van der Waals surface area contributed by atoms with E-state index in [1.807, 2.05) is 19.9 Å². The molecule has 0 saturated carbocycles. The van der Waals surface area contributed by atoms with Crippen molar-refractivity contribution in [3.05, 3.63) is 34.4 Å². The maximum Gasteiger partial charge on any atom is 0.0172 e. The molecule has 0 saturated heterocycles. The molecule has 1 rings (SSSR count). The molecule has 1 atom stereocenters. The van der Waals surface area contributed by atoms with Gasteiger partial charge in [-0.15, -0.1) is 0 Å². The molecule has 0 aromatic carbocycles. The van der Waals surface area contributed by atoms with Crippen LogP contribution in [0.5, 0.6) is 0 Å². The summed E-state index contributed by atoms with van der Waals surface area (Å²) >= 11 is 3.44. The number of halogens is 1. The molecule has 80 valence electrons. The summed E-state index contributed by atoms with van der Waals surface area (Å²) in [6.07, 6.45) is 6.54. The van der Waals surface area contributed by atoms with E-state index in [1.165, 1.54) is 24.0 Å². The van der Waals surface area contributed by atoms with Crippen molar-refractivity contribution in [1.82, 2.24) is 0 Å². The Kier molecular flexibility index (Phi) is 6.90. The molecule has 0 N–H and O–H groups in total. The molecule has 1 aliphatic rings.